The molecule has 0 fully saturated rings. The van der Waals surface area contributed by atoms with Crippen LogP contribution in [-0.2, 0) is 6.42 Å². The summed E-state index contributed by atoms with van der Waals surface area (Å²) in [6.45, 7) is 5.98. The van der Waals surface area contributed by atoms with Gasteiger partial charge in [0.15, 0.2) is 0 Å². The Morgan fingerprint density at radius 2 is 2.20 bits per heavy atom. The molecule has 0 bridgehead atoms. The van der Waals surface area contributed by atoms with E-state index in [1.807, 2.05) is 19.9 Å². The third-order valence-electron chi connectivity index (χ3n) is 4.19. The molecule has 20 heavy (non-hydrogen) atoms. The van der Waals surface area contributed by atoms with E-state index in [9.17, 15) is 4.39 Å². The SMILES string of the molecule is Cc1noc(C)c1C(C)NC1CCc2c(F)cccc21. The number of hydrogen-bond donors (Lipinski definition) is 1. The summed E-state index contributed by atoms with van der Waals surface area (Å²) in [6, 6.07) is 5.68. The van der Waals surface area contributed by atoms with Gasteiger partial charge >= 0.3 is 0 Å². The van der Waals surface area contributed by atoms with E-state index >= 15 is 0 Å². The first-order chi connectivity index (χ1) is 9.58. The second kappa shape index (κ2) is 5.02. The molecule has 1 N–H and O–H groups in total. The zero-order chi connectivity index (χ0) is 14.3. The lowest BCUT2D eigenvalue weighted by Crippen LogP contribution is -2.23. The van der Waals surface area contributed by atoms with Crippen LogP contribution in [-0.4, -0.2) is 5.16 Å². The average molecular weight is 274 g/mol. The standard InChI is InChI=1S/C16H19FN2O/c1-9(16-10(2)19-20-11(16)3)18-15-8-7-12-13(15)5-4-6-14(12)17/h4-6,9,15,18H,7-8H2,1-3H3. The molecule has 2 atom stereocenters. The second-order valence-corrected chi connectivity index (χ2v) is 5.53. The van der Waals surface area contributed by atoms with Crippen LogP contribution in [0.15, 0.2) is 22.7 Å². The third kappa shape index (κ3) is 2.14. The molecular formula is C16H19FN2O. The van der Waals surface area contributed by atoms with Gasteiger partial charge in [-0.1, -0.05) is 17.3 Å². The Balaban J connectivity index is 1.83. The van der Waals surface area contributed by atoms with Crippen molar-refractivity contribution < 1.29 is 8.91 Å². The largest absolute Gasteiger partial charge is 0.361 e. The number of rotatable bonds is 3. The van der Waals surface area contributed by atoms with Crippen LogP contribution >= 0.6 is 0 Å². The van der Waals surface area contributed by atoms with Crippen LogP contribution in [0.1, 0.15) is 53.6 Å². The molecule has 1 heterocycles. The molecule has 0 saturated carbocycles. The Kier molecular flexibility index (Phi) is 3.34. The summed E-state index contributed by atoms with van der Waals surface area (Å²) in [5, 5.41) is 7.57. The van der Waals surface area contributed by atoms with Crippen molar-refractivity contribution in [1.29, 1.82) is 0 Å². The Bertz CT molecular complexity index is 616. The van der Waals surface area contributed by atoms with Gasteiger partial charge in [-0.3, -0.25) is 0 Å². The van der Waals surface area contributed by atoms with Gasteiger partial charge in [-0.05, 0) is 50.8 Å². The summed E-state index contributed by atoms with van der Waals surface area (Å²) in [5.41, 5.74) is 3.97. The van der Waals surface area contributed by atoms with E-state index in [0.717, 1.165) is 41.0 Å². The summed E-state index contributed by atoms with van der Waals surface area (Å²) >= 11 is 0. The highest BCUT2D eigenvalue weighted by Crippen LogP contribution is 2.35. The summed E-state index contributed by atoms with van der Waals surface area (Å²) in [7, 11) is 0. The highest BCUT2D eigenvalue weighted by atomic mass is 19.1. The molecule has 1 aliphatic carbocycles. The number of halogens is 1. The number of nitrogens with one attached hydrogen (secondary N) is 1. The quantitative estimate of drug-likeness (QED) is 0.926. The van der Waals surface area contributed by atoms with Crippen molar-refractivity contribution in [2.24, 2.45) is 0 Å². The number of aromatic nitrogens is 1. The Morgan fingerprint density at radius 3 is 2.90 bits per heavy atom. The van der Waals surface area contributed by atoms with E-state index in [1.165, 1.54) is 0 Å². The molecule has 3 rings (SSSR count). The van der Waals surface area contributed by atoms with Crippen molar-refractivity contribution >= 4 is 0 Å². The summed E-state index contributed by atoms with van der Waals surface area (Å²) in [4.78, 5) is 0. The maximum atomic E-state index is 13.8. The molecule has 1 aromatic carbocycles. The van der Waals surface area contributed by atoms with Crippen molar-refractivity contribution in [2.45, 2.75) is 45.7 Å². The van der Waals surface area contributed by atoms with Crippen molar-refractivity contribution in [1.82, 2.24) is 10.5 Å². The predicted octanol–water partition coefficient (Wildman–Crippen LogP) is 3.77. The van der Waals surface area contributed by atoms with Crippen molar-refractivity contribution in [3.8, 4) is 0 Å². The van der Waals surface area contributed by atoms with Gasteiger partial charge in [0.05, 0.1) is 5.69 Å². The average Bonchev–Trinajstić information content (AvgIpc) is 2.95. The number of fused-ring (bicyclic) bond motifs is 1. The lowest BCUT2D eigenvalue weighted by molar-refractivity contribution is 0.388. The fourth-order valence-electron chi connectivity index (χ4n) is 3.28. The van der Waals surface area contributed by atoms with Gasteiger partial charge in [0, 0.05) is 17.6 Å². The first-order valence-electron chi connectivity index (χ1n) is 7.04. The molecule has 0 radical (unpaired) electrons. The van der Waals surface area contributed by atoms with Gasteiger partial charge in [-0.2, -0.15) is 0 Å². The molecular weight excluding hydrogens is 255 g/mol. The van der Waals surface area contributed by atoms with Gasteiger partial charge in [0.1, 0.15) is 11.6 Å². The number of nitrogens with zero attached hydrogens (tertiary/aromatic N) is 1. The highest BCUT2D eigenvalue weighted by Gasteiger charge is 2.27. The molecule has 0 aliphatic heterocycles. The van der Waals surface area contributed by atoms with Crippen LogP contribution in [0, 0.1) is 19.7 Å². The fraction of sp³-hybridized carbons (Fsp3) is 0.438. The van der Waals surface area contributed by atoms with E-state index in [1.54, 1.807) is 12.1 Å². The van der Waals surface area contributed by atoms with E-state index in [2.05, 4.69) is 17.4 Å². The molecule has 106 valence electrons. The zero-order valence-corrected chi connectivity index (χ0v) is 12.0. The Morgan fingerprint density at radius 1 is 1.40 bits per heavy atom. The summed E-state index contributed by atoms with van der Waals surface area (Å²) in [5.74, 6) is 0.761. The molecule has 3 nitrogen and oxygen atoms in total. The molecule has 4 heteroatoms. The molecule has 0 saturated heterocycles. The Labute approximate surface area is 118 Å². The first kappa shape index (κ1) is 13.3. The van der Waals surface area contributed by atoms with Crippen molar-refractivity contribution in [3.05, 3.63) is 52.2 Å². The van der Waals surface area contributed by atoms with Crippen molar-refractivity contribution in [2.75, 3.05) is 0 Å². The van der Waals surface area contributed by atoms with Crippen molar-refractivity contribution in [3.63, 3.8) is 0 Å². The third-order valence-corrected chi connectivity index (χ3v) is 4.19. The zero-order valence-electron chi connectivity index (χ0n) is 12.0. The maximum Gasteiger partial charge on any atom is 0.138 e. The van der Waals surface area contributed by atoms with E-state index in [-0.39, 0.29) is 17.9 Å². The number of hydrogen-bond acceptors (Lipinski definition) is 3. The van der Waals surface area contributed by atoms with E-state index in [4.69, 9.17) is 4.52 Å². The topological polar surface area (TPSA) is 38.1 Å². The van der Waals surface area contributed by atoms with E-state index in [0.29, 0.717) is 0 Å². The van der Waals surface area contributed by atoms with Gasteiger partial charge in [0.2, 0.25) is 0 Å². The fourth-order valence-corrected chi connectivity index (χ4v) is 3.28. The minimum absolute atomic E-state index is 0.0863. The van der Waals surface area contributed by atoms with Crippen LogP contribution in [0.5, 0.6) is 0 Å². The van der Waals surface area contributed by atoms with Gasteiger partial charge < -0.3 is 9.84 Å². The predicted molar refractivity (Wildman–Crippen MR) is 75.0 cm³/mol. The summed E-state index contributed by atoms with van der Waals surface area (Å²) in [6.07, 6.45) is 1.73. The Hall–Kier alpha value is -1.68. The highest BCUT2D eigenvalue weighted by molar-refractivity contribution is 5.36. The van der Waals surface area contributed by atoms with Gasteiger partial charge in [0.25, 0.3) is 0 Å². The molecule has 2 aromatic rings. The lowest BCUT2D eigenvalue weighted by Gasteiger charge is -2.20. The first-order valence-corrected chi connectivity index (χ1v) is 7.04. The molecule has 0 spiro atoms. The smallest absolute Gasteiger partial charge is 0.138 e. The maximum absolute atomic E-state index is 13.8. The second-order valence-electron chi connectivity index (χ2n) is 5.53. The van der Waals surface area contributed by atoms with Gasteiger partial charge in [-0.15, -0.1) is 0 Å². The lowest BCUT2D eigenvalue weighted by atomic mass is 10.0. The van der Waals surface area contributed by atoms with Crippen LogP contribution in [0.4, 0.5) is 4.39 Å². The number of aryl methyl sites for hydroxylation is 2. The van der Waals surface area contributed by atoms with Crippen LogP contribution in [0.25, 0.3) is 0 Å². The molecule has 1 aromatic heterocycles. The van der Waals surface area contributed by atoms with Crippen LogP contribution in [0.2, 0.25) is 0 Å². The molecule has 1 aliphatic rings. The van der Waals surface area contributed by atoms with E-state index < -0.39 is 0 Å². The van der Waals surface area contributed by atoms with Crippen LogP contribution in [0.3, 0.4) is 0 Å². The van der Waals surface area contributed by atoms with Gasteiger partial charge in [-0.25, -0.2) is 4.39 Å². The molecule has 2 unspecified atom stereocenters. The monoisotopic (exact) mass is 274 g/mol. The summed E-state index contributed by atoms with van der Waals surface area (Å²) < 4.78 is 19.0. The minimum atomic E-state index is -0.0863. The molecule has 0 amide bonds. The normalized spacial score (nSPS) is 19.1. The number of benzene rings is 1. The van der Waals surface area contributed by atoms with Crippen LogP contribution < -0.4 is 5.32 Å². The minimum Gasteiger partial charge on any atom is -0.361 e.